The average molecular weight is 418 g/mol. The normalized spacial score (nSPS) is 15.8. The van der Waals surface area contributed by atoms with Crippen LogP contribution in [0.2, 0.25) is 0 Å². The van der Waals surface area contributed by atoms with Gasteiger partial charge < -0.3 is 25.7 Å². The molecule has 0 unspecified atom stereocenters. The first-order valence-electron chi connectivity index (χ1n) is 10.1. The summed E-state index contributed by atoms with van der Waals surface area (Å²) in [5.74, 6) is 1.67. The summed E-state index contributed by atoms with van der Waals surface area (Å²) >= 11 is 0. The third-order valence-electron chi connectivity index (χ3n) is 5.11. The molecule has 1 saturated heterocycles. The molecule has 1 aliphatic heterocycles. The van der Waals surface area contributed by atoms with Gasteiger partial charge in [-0.1, -0.05) is 0 Å². The Labute approximate surface area is 177 Å². The molecule has 0 bridgehead atoms. The lowest BCUT2D eigenvalue weighted by molar-refractivity contribution is -0.123. The van der Waals surface area contributed by atoms with E-state index in [0.29, 0.717) is 17.5 Å². The highest BCUT2D eigenvalue weighted by Gasteiger charge is 2.16. The molecule has 1 fully saturated rings. The second-order valence-electron chi connectivity index (χ2n) is 7.39. The van der Waals surface area contributed by atoms with Crippen molar-refractivity contribution < 1.29 is 9.53 Å². The molecule has 5 N–H and O–H groups in total. The first-order valence-corrected chi connectivity index (χ1v) is 10.1. The summed E-state index contributed by atoms with van der Waals surface area (Å²) in [6.45, 7) is 1.74. The summed E-state index contributed by atoms with van der Waals surface area (Å²) in [6.07, 6.45) is 2.72. The van der Waals surface area contributed by atoms with Crippen molar-refractivity contribution in [3.63, 3.8) is 0 Å². The fourth-order valence-corrected chi connectivity index (χ4v) is 3.51. The second kappa shape index (κ2) is 8.44. The Morgan fingerprint density at radius 1 is 1.16 bits per heavy atom. The zero-order chi connectivity index (χ0) is 21.0. The Morgan fingerprint density at radius 2 is 2.06 bits per heavy atom. The van der Waals surface area contributed by atoms with Crippen LogP contribution in [0.25, 0.3) is 22.3 Å². The van der Waals surface area contributed by atoms with Gasteiger partial charge in [0, 0.05) is 29.2 Å². The van der Waals surface area contributed by atoms with Crippen molar-refractivity contribution in [2.75, 3.05) is 25.0 Å². The van der Waals surface area contributed by atoms with Gasteiger partial charge in [0.05, 0.1) is 11.7 Å². The number of amides is 1. The molecule has 0 saturated carbocycles. The quantitative estimate of drug-likeness (QED) is 0.310. The zero-order valence-electron chi connectivity index (χ0n) is 16.7. The molecule has 3 heterocycles. The van der Waals surface area contributed by atoms with Crippen LogP contribution in [0.1, 0.15) is 6.42 Å². The van der Waals surface area contributed by atoms with Crippen LogP contribution in [0.15, 0.2) is 48.7 Å². The number of carbonyl (C=O) groups is 1. The third-order valence-corrected chi connectivity index (χ3v) is 5.11. The Morgan fingerprint density at radius 3 is 2.90 bits per heavy atom. The Kier molecular flexibility index (Phi) is 5.19. The standard InChI is InChI=1S/C21H22N8O2/c30-19(24-16-7-8-22-11-16)12-31-17-4-1-13(2-5-17)20-26-21(29-28-20)25-15-3-6-18-14(9-15)10-23-27-18/h1-6,9-10,16,22H,7-8,11-12H2,(H,23,27)(H,24,30)(H2,25,26,28,29)/t16-/m0/s1. The summed E-state index contributed by atoms with van der Waals surface area (Å²) in [5.41, 5.74) is 2.71. The molecule has 10 heteroatoms. The predicted octanol–water partition coefficient (Wildman–Crippen LogP) is 1.95. The van der Waals surface area contributed by atoms with Gasteiger partial charge in [0.2, 0.25) is 5.95 Å². The summed E-state index contributed by atoms with van der Waals surface area (Å²) < 4.78 is 5.58. The number of hydrogen-bond donors (Lipinski definition) is 5. The van der Waals surface area contributed by atoms with Gasteiger partial charge in [-0.3, -0.25) is 9.89 Å². The minimum atomic E-state index is -0.114. The van der Waals surface area contributed by atoms with Crippen molar-refractivity contribution in [2.45, 2.75) is 12.5 Å². The van der Waals surface area contributed by atoms with E-state index in [1.807, 2.05) is 42.5 Å². The van der Waals surface area contributed by atoms with Crippen molar-refractivity contribution in [3.8, 4) is 17.1 Å². The topological polar surface area (TPSA) is 133 Å². The van der Waals surface area contributed by atoms with Crippen LogP contribution < -0.4 is 20.7 Å². The number of H-pyrrole nitrogens is 2. The van der Waals surface area contributed by atoms with Crippen molar-refractivity contribution >= 4 is 28.4 Å². The maximum atomic E-state index is 12.0. The van der Waals surface area contributed by atoms with Gasteiger partial charge in [-0.15, -0.1) is 10.2 Å². The number of aromatic nitrogens is 5. The number of rotatable bonds is 7. The Bertz CT molecular complexity index is 1180. The molecule has 4 aromatic rings. The van der Waals surface area contributed by atoms with E-state index in [2.05, 4.69) is 41.3 Å². The molecule has 10 nitrogen and oxygen atoms in total. The van der Waals surface area contributed by atoms with Gasteiger partial charge in [0.25, 0.3) is 5.91 Å². The molecule has 0 spiro atoms. The maximum Gasteiger partial charge on any atom is 0.258 e. The number of carbonyl (C=O) groups excluding carboxylic acids is 1. The van der Waals surface area contributed by atoms with E-state index in [4.69, 9.17) is 4.74 Å². The van der Waals surface area contributed by atoms with Crippen molar-refractivity contribution in [3.05, 3.63) is 48.7 Å². The Balaban J connectivity index is 1.18. The lowest BCUT2D eigenvalue weighted by Gasteiger charge is -2.12. The van der Waals surface area contributed by atoms with E-state index in [1.54, 1.807) is 6.20 Å². The van der Waals surface area contributed by atoms with Gasteiger partial charge in [-0.05, 0) is 55.4 Å². The molecule has 1 atom stereocenters. The molecular formula is C21H22N8O2. The summed E-state index contributed by atoms with van der Waals surface area (Å²) in [6, 6.07) is 13.4. The average Bonchev–Trinajstić information content (AvgIpc) is 3.55. The van der Waals surface area contributed by atoms with E-state index < -0.39 is 0 Å². The van der Waals surface area contributed by atoms with Gasteiger partial charge in [-0.25, -0.2) is 0 Å². The fourth-order valence-electron chi connectivity index (χ4n) is 3.51. The molecule has 0 radical (unpaired) electrons. The molecule has 2 aromatic heterocycles. The number of ether oxygens (including phenoxy) is 1. The Hall–Kier alpha value is -3.92. The van der Waals surface area contributed by atoms with E-state index in [-0.39, 0.29) is 18.6 Å². The van der Waals surface area contributed by atoms with Gasteiger partial charge >= 0.3 is 0 Å². The molecular weight excluding hydrogens is 396 g/mol. The van der Waals surface area contributed by atoms with Crippen LogP contribution >= 0.6 is 0 Å². The number of anilines is 2. The lowest BCUT2D eigenvalue weighted by atomic mass is 10.2. The van der Waals surface area contributed by atoms with E-state index in [1.165, 1.54) is 0 Å². The number of fused-ring (bicyclic) bond motifs is 1. The van der Waals surface area contributed by atoms with Gasteiger partial charge in [-0.2, -0.15) is 5.10 Å². The minimum absolute atomic E-state index is 0.00672. The van der Waals surface area contributed by atoms with Gasteiger partial charge in [0.15, 0.2) is 12.4 Å². The summed E-state index contributed by atoms with van der Waals surface area (Å²) in [4.78, 5) is 15.1. The molecule has 31 heavy (non-hydrogen) atoms. The second-order valence-corrected chi connectivity index (χ2v) is 7.39. The van der Waals surface area contributed by atoms with Crippen LogP contribution in [-0.4, -0.2) is 57.0 Å². The smallest absolute Gasteiger partial charge is 0.258 e. The van der Waals surface area contributed by atoms with Crippen molar-refractivity contribution in [2.24, 2.45) is 0 Å². The molecule has 2 aromatic carbocycles. The molecule has 1 aliphatic rings. The number of hydrogen-bond acceptors (Lipinski definition) is 7. The highest BCUT2D eigenvalue weighted by molar-refractivity contribution is 5.82. The summed E-state index contributed by atoms with van der Waals surface area (Å²) in [7, 11) is 0. The van der Waals surface area contributed by atoms with Crippen molar-refractivity contribution in [1.29, 1.82) is 0 Å². The van der Waals surface area contributed by atoms with E-state index in [0.717, 1.165) is 41.7 Å². The molecule has 0 aliphatic carbocycles. The van der Waals surface area contributed by atoms with Crippen molar-refractivity contribution in [1.82, 2.24) is 36.0 Å². The van der Waals surface area contributed by atoms with E-state index >= 15 is 0 Å². The molecule has 1 amide bonds. The molecule has 158 valence electrons. The first-order chi connectivity index (χ1) is 15.2. The fraction of sp³-hybridized carbons (Fsp3) is 0.238. The van der Waals surface area contributed by atoms with Crippen LogP contribution in [0.5, 0.6) is 5.75 Å². The van der Waals surface area contributed by atoms with Gasteiger partial charge in [0.1, 0.15) is 5.75 Å². The highest BCUT2D eigenvalue weighted by atomic mass is 16.5. The monoisotopic (exact) mass is 418 g/mol. The maximum absolute atomic E-state index is 12.0. The SMILES string of the molecule is O=C(COc1ccc(-c2nnc(Nc3ccc4[nH]ncc4c3)[nH]2)cc1)N[C@H]1CCNC1. The zero-order valence-corrected chi connectivity index (χ0v) is 16.7. The predicted molar refractivity (Wildman–Crippen MR) is 116 cm³/mol. The molecule has 5 rings (SSSR count). The minimum Gasteiger partial charge on any atom is -0.484 e. The highest BCUT2D eigenvalue weighted by Crippen LogP contribution is 2.23. The van der Waals surface area contributed by atoms with Crippen LogP contribution in [0, 0.1) is 0 Å². The lowest BCUT2D eigenvalue weighted by Crippen LogP contribution is -2.39. The number of aromatic amines is 2. The number of nitrogens with one attached hydrogen (secondary N) is 5. The summed E-state index contributed by atoms with van der Waals surface area (Å²) in [5, 5.41) is 25.7. The first kappa shape index (κ1) is 19.1. The number of benzene rings is 2. The largest absolute Gasteiger partial charge is 0.484 e. The van der Waals surface area contributed by atoms with E-state index in [9.17, 15) is 4.79 Å². The van der Waals surface area contributed by atoms with Crippen LogP contribution in [0.4, 0.5) is 11.6 Å². The van der Waals surface area contributed by atoms with Crippen LogP contribution in [-0.2, 0) is 4.79 Å². The van der Waals surface area contributed by atoms with Crippen LogP contribution in [0.3, 0.4) is 0 Å². The third kappa shape index (κ3) is 4.48. The number of nitrogens with zero attached hydrogens (tertiary/aromatic N) is 3.